The first kappa shape index (κ1) is 24.0. The lowest BCUT2D eigenvalue weighted by Crippen LogP contribution is -2.46. The summed E-state index contributed by atoms with van der Waals surface area (Å²) in [6, 6.07) is -0.295. The monoisotopic (exact) mass is 404 g/mol. The van der Waals surface area contributed by atoms with Crippen LogP contribution in [0.1, 0.15) is 12.8 Å². The Kier molecular flexibility index (Phi) is 11.8. The lowest BCUT2D eigenvalue weighted by atomic mass is 10.2. The van der Waals surface area contributed by atoms with Crippen molar-refractivity contribution < 1.29 is 20.1 Å². The molecule has 5 N–H and O–H groups in total. The molecule has 0 aromatic heterocycles. The number of nitrogens with zero attached hydrogens (tertiary/aromatic N) is 2. The number of rotatable bonds is 10. The number of nitrogens with one attached hydrogen (secondary N) is 2. The zero-order valence-corrected chi connectivity index (χ0v) is 16.5. The molecule has 2 aliphatic rings. The third-order valence-electron chi connectivity index (χ3n) is 4.71. The van der Waals surface area contributed by atoms with Crippen molar-refractivity contribution in [3.8, 4) is 0 Å². The zero-order chi connectivity index (χ0) is 20.2. The molecular weight excluding hydrogens is 372 g/mol. The molecule has 0 aromatic carbocycles. The molecule has 9 heteroatoms. The highest BCUT2D eigenvalue weighted by molar-refractivity contribution is 6.30. The average Bonchev–Trinajstić information content (AvgIpc) is 3.24. The van der Waals surface area contributed by atoms with Crippen LogP contribution in [-0.4, -0.2) is 101 Å². The summed E-state index contributed by atoms with van der Waals surface area (Å²) in [6.45, 7) is 11.3. The maximum Gasteiger partial charge on any atom is 0.323 e. The average molecular weight is 405 g/mol. The summed E-state index contributed by atoms with van der Waals surface area (Å²) in [5, 5.41) is 32.1. The largest absolute Gasteiger partial charge is 0.480 e. The quantitative estimate of drug-likeness (QED) is 0.248. The molecule has 0 radical (unpaired) electrons. The van der Waals surface area contributed by atoms with Gasteiger partial charge in [0.25, 0.3) is 0 Å². The number of halogens is 1. The van der Waals surface area contributed by atoms with Crippen molar-refractivity contribution in [2.24, 2.45) is 0 Å². The van der Waals surface area contributed by atoms with Crippen molar-refractivity contribution in [2.75, 3.05) is 45.9 Å². The molecule has 2 heterocycles. The molecule has 8 nitrogen and oxygen atoms in total. The zero-order valence-electron chi connectivity index (χ0n) is 15.8. The van der Waals surface area contributed by atoms with Gasteiger partial charge in [-0.05, 0) is 12.8 Å². The van der Waals surface area contributed by atoms with Gasteiger partial charge in [0.2, 0.25) is 0 Å². The van der Waals surface area contributed by atoms with Crippen LogP contribution in [0, 0.1) is 0 Å². The number of carboxylic acid groups (broad SMARTS) is 1. The minimum atomic E-state index is -1.03. The van der Waals surface area contributed by atoms with Crippen LogP contribution in [0.3, 0.4) is 0 Å². The molecule has 0 aliphatic carbocycles. The third-order valence-corrected chi connectivity index (χ3v) is 5.19. The van der Waals surface area contributed by atoms with Crippen molar-refractivity contribution >= 4 is 17.6 Å². The van der Waals surface area contributed by atoms with Gasteiger partial charge in [0, 0.05) is 32.7 Å². The summed E-state index contributed by atoms with van der Waals surface area (Å²) in [4.78, 5) is 15.0. The number of aliphatic carboxylic acids is 1. The van der Waals surface area contributed by atoms with E-state index in [4.69, 9.17) is 26.9 Å². The Bertz CT molecular complexity index is 469. The Hall–Kier alpha value is -1.00. The van der Waals surface area contributed by atoms with Crippen molar-refractivity contribution in [2.45, 2.75) is 36.6 Å². The van der Waals surface area contributed by atoms with E-state index >= 15 is 0 Å². The van der Waals surface area contributed by atoms with E-state index in [9.17, 15) is 4.79 Å². The topological polar surface area (TPSA) is 108 Å². The van der Waals surface area contributed by atoms with Gasteiger partial charge < -0.3 is 20.6 Å². The maximum atomic E-state index is 10.8. The minimum absolute atomic E-state index is 0.00949. The maximum absolute atomic E-state index is 10.8. The second-order valence-electron chi connectivity index (χ2n) is 6.47. The fourth-order valence-electron chi connectivity index (χ4n) is 3.42. The molecule has 4 unspecified atom stereocenters. The van der Waals surface area contributed by atoms with Gasteiger partial charge in [-0.15, -0.1) is 24.8 Å². The number of β-amino-alcohol motifs (C(OH)–C–C–N with tert-alkyl or cyclic N) is 2. The molecule has 0 aromatic rings. The van der Waals surface area contributed by atoms with Crippen LogP contribution < -0.4 is 10.6 Å². The van der Waals surface area contributed by atoms with Gasteiger partial charge in [0.15, 0.2) is 0 Å². The van der Waals surface area contributed by atoms with Crippen molar-refractivity contribution in [3.63, 3.8) is 0 Å². The van der Waals surface area contributed by atoms with E-state index in [0.717, 1.165) is 26.1 Å². The predicted molar refractivity (Wildman–Crippen MR) is 107 cm³/mol. The Morgan fingerprint density at radius 2 is 1.78 bits per heavy atom. The SMILES string of the molecule is C=CCC1NCC(C(Cl)C(=O)O)N1CCO.C=CCC1NCCN1CCO. The second kappa shape index (κ2) is 13.2. The standard InChI is InChI=1S/C10H17ClN2O3.C8H16N2O/c1-2-3-8-12-6-7(9(11)10(15)16)13(8)4-5-14;1-2-3-8-9-4-5-10(8)6-7-11/h2,7-9,12,14H,1,3-6H2,(H,15,16);2,8-9,11H,1,3-7H2. The van der Waals surface area contributed by atoms with Gasteiger partial charge in [-0.1, -0.05) is 12.2 Å². The Labute approximate surface area is 166 Å². The number of aliphatic hydroxyl groups is 2. The number of aliphatic hydroxyl groups excluding tert-OH is 2. The Balaban J connectivity index is 0.000000289. The lowest BCUT2D eigenvalue weighted by Gasteiger charge is -2.29. The highest BCUT2D eigenvalue weighted by atomic mass is 35.5. The van der Waals surface area contributed by atoms with Crippen LogP contribution in [0.15, 0.2) is 25.3 Å². The first-order chi connectivity index (χ1) is 13.0. The number of alkyl halides is 1. The molecule has 2 aliphatic heterocycles. The number of hydrogen-bond acceptors (Lipinski definition) is 7. The number of hydrogen-bond donors (Lipinski definition) is 5. The van der Waals surface area contributed by atoms with E-state index in [2.05, 4.69) is 28.7 Å². The molecule has 4 atom stereocenters. The van der Waals surface area contributed by atoms with Gasteiger partial charge in [-0.3, -0.25) is 19.9 Å². The van der Waals surface area contributed by atoms with E-state index in [1.54, 1.807) is 6.08 Å². The van der Waals surface area contributed by atoms with Gasteiger partial charge >= 0.3 is 5.97 Å². The predicted octanol–water partition coefficient (Wildman–Crippen LogP) is -0.367. The van der Waals surface area contributed by atoms with E-state index in [0.29, 0.717) is 25.7 Å². The minimum Gasteiger partial charge on any atom is -0.480 e. The molecular formula is C18H33ClN4O4. The van der Waals surface area contributed by atoms with E-state index < -0.39 is 11.3 Å². The molecule has 156 valence electrons. The van der Waals surface area contributed by atoms with Crippen molar-refractivity contribution in [1.29, 1.82) is 0 Å². The smallest absolute Gasteiger partial charge is 0.323 e. The highest BCUT2D eigenvalue weighted by Gasteiger charge is 2.39. The Morgan fingerprint density at radius 1 is 1.15 bits per heavy atom. The normalized spacial score (nSPS) is 27.0. The van der Waals surface area contributed by atoms with Crippen molar-refractivity contribution in [1.82, 2.24) is 20.4 Å². The summed E-state index contributed by atoms with van der Waals surface area (Å²) in [6.07, 6.45) is 5.73. The van der Waals surface area contributed by atoms with E-state index in [1.165, 1.54) is 0 Å². The first-order valence-corrected chi connectivity index (χ1v) is 9.70. The van der Waals surface area contributed by atoms with Crippen LogP contribution in [0.5, 0.6) is 0 Å². The number of carboxylic acids is 1. The molecule has 2 rings (SSSR count). The molecule has 2 saturated heterocycles. The fraction of sp³-hybridized carbons (Fsp3) is 0.722. The van der Waals surface area contributed by atoms with Crippen LogP contribution in [-0.2, 0) is 4.79 Å². The van der Waals surface area contributed by atoms with Crippen LogP contribution >= 0.6 is 11.6 Å². The summed E-state index contributed by atoms with van der Waals surface area (Å²) in [7, 11) is 0. The van der Waals surface area contributed by atoms with Crippen LogP contribution in [0.2, 0.25) is 0 Å². The number of carbonyl (C=O) groups is 1. The summed E-state index contributed by atoms with van der Waals surface area (Å²) >= 11 is 5.83. The molecule has 0 spiro atoms. The fourth-order valence-corrected chi connectivity index (χ4v) is 3.65. The molecule has 2 fully saturated rings. The second-order valence-corrected chi connectivity index (χ2v) is 6.94. The summed E-state index contributed by atoms with van der Waals surface area (Å²) in [5.74, 6) is -1.03. The first-order valence-electron chi connectivity index (χ1n) is 9.27. The van der Waals surface area contributed by atoms with Gasteiger partial charge in [-0.25, -0.2) is 0 Å². The Morgan fingerprint density at radius 3 is 2.33 bits per heavy atom. The summed E-state index contributed by atoms with van der Waals surface area (Å²) in [5.41, 5.74) is 0. The molecule has 0 bridgehead atoms. The molecule has 0 amide bonds. The molecule has 27 heavy (non-hydrogen) atoms. The molecule has 0 saturated carbocycles. The highest BCUT2D eigenvalue weighted by Crippen LogP contribution is 2.20. The van der Waals surface area contributed by atoms with Crippen LogP contribution in [0.25, 0.3) is 0 Å². The lowest BCUT2D eigenvalue weighted by molar-refractivity contribution is -0.137. The summed E-state index contributed by atoms with van der Waals surface area (Å²) < 4.78 is 0. The van der Waals surface area contributed by atoms with E-state index in [1.807, 2.05) is 11.0 Å². The van der Waals surface area contributed by atoms with Crippen molar-refractivity contribution in [3.05, 3.63) is 25.3 Å². The van der Waals surface area contributed by atoms with Gasteiger partial charge in [0.1, 0.15) is 5.38 Å². The third kappa shape index (κ3) is 7.50. The van der Waals surface area contributed by atoms with Gasteiger partial charge in [-0.2, -0.15) is 0 Å². The van der Waals surface area contributed by atoms with E-state index in [-0.39, 0.29) is 25.4 Å². The van der Waals surface area contributed by atoms with Gasteiger partial charge in [0.05, 0.1) is 31.6 Å². The van der Waals surface area contributed by atoms with Crippen LogP contribution in [0.4, 0.5) is 0 Å².